The van der Waals surface area contributed by atoms with Gasteiger partial charge in [0.2, 0.25) is 0 Å². The van der Waals surface area contributed by atoms with E-state index in [-0.39, 0.29) is 12.4 Å². The second-order valence-corrected chi connectivity index (χ2v) is 8.82. The molecule has 11 heteroatoms. The molecule has 0 amide bonds. The summed E-state index contributed by atoms with van der Waals surface area (Å²) in [5.41, 5.74) is 2.13. The number of halogens is 3. The van der Waals surface area contributed by atoms with E-state index in [1.54, 1.807) is 29.4 Å². The number of nitrogens with one attached hydrogen (secondary N) is 2. The van der Waals surface area contributed by atoms with Crippen LogP contribution in [-0.4, -0.2) is 48.7 Å². The van der Waals surface area contributed by atoms with Crippen LogP contribution in [-0.2, 0) is 13.6 Å². The number of H-pyrrole nitrogens is 1. The molecule has 5 rings (SSSR count). The Morgan fingerprint density at radius 3 is 2.42 bits per heavy atom. The molecule has 188 valence electrons. The monoisotopic (exact) mass is 513 g/mol. The van der Waals surface area contributed by atoms with Gasteiger partial charge in [0.15, 0.2) is 5.82 Å². The highest BCUT2D eigenvalue weighted by Crippen LogP contribution is 2.33. The fourth-order valence-corrected chi connectivity index (χ4v) is 4.50. The van der Waals surface area contributed by atoms with Gasteiger partial charge in [-0.2, -0.15) is 5.10 Å². The first-order valence-electron chi connectivity index (χ1n) is 11.2. The molecule has 2 aromatic carbocycles. The highest BCUT2D eigenvalue weighted by molar-refractivity contribution is 5.96. The van der Waals surface area contributed by atoms with E-state index in [1.165, 1.54) is 28.8 Å². The topological polar surface area (TPSA) is 87.6 Å². The summed E-state index contributed by atoms with van der Waals surface area (Å²) in [6.07, 6.45) is 4.88. The number of nitrogens with zero attached hydrogens (tertiary/aromatic N) is 5. The van der Waals surface area contributed by atoms with Crippen molar-refractivity contribution in [2.75, 3.05) is 14.1 Å². The zero-order chi connectivity index (χ0) is 24.9. The molecule has 2 N–H and O–H groups in total. The molecular formula is C25H26ClF2N7O. The number of hydrogen-bond acceptors (Lipinski definition) is 3. The normalized spacial score (nSPS) is 11.2. The van der Waals surface area contributed by atoms with Crippen LogP contribution in [0.1, 0.15) is 12.8 Å². The molecule has 0 unspecified atom stereocenters. The van der Waals surface area contributed by atoms with Crippen molar-refractivity contribution in [3.8, 4) is 17.1 Å². The Balaban J connectivity index is 0.00000304. The lowest BCUT2D eigenvalue weighted by atomic mass is 10.1. The molecule has 0 spiro atoms. The largest absolute Gasteiger partial charge is 0.367 e. The fourth-order valence-electron chi connectivity index (χ4n) is 4.50. The second kappa shape index (κ2) is 9.62. The predicted octanol–water partition coefficient (Wildman–Crippen LogP) is 4.69. The average Bonchev–Trinajstić information content (AvgIpc) is 3.46. The van der Waals surface area contributed by atoms with Crippen molar-refractivity contribution < 1.29 is 8.78 Å². The molecule has 0 aliphatic carbocycles. The third-order valence-electron chi connectivity index (χ3n) is 6.28. The number of benzene rings is 2. The van der Waals surface area contributed by atoms with E-state index < -0.39 is 17.3 Å². The van der Waals surface area contributed by atoms with Gasteiger partial charge in [-0.3, -0.25) is 5.41 Å². The van der Waals surface area contributed by atoms with Gasteiger partial charge in [0, 0.05) is 68.4 Å². The van der Waals surface area contributed by atoms with E-state index in [2.05, 4.69) is 10.2 Å². The molecule has 0 aliphatic heterocycles. The standard InChI is InChI=1S/C25H25F2N7O.ClH/c1-31(2)23(28)5-4-10-33-14-22(18-12-16(27)7-9-21(18)33)34-24(29-30-25(34)35)19-13-32(3)20-8-6-15(26)11-17(19)20;/h6-9,11-14,28H,4-5,10H2,1-3H3,(H,30,35);1H. The van der Waals surface area contributed by atoms with Crippen LogP contribution in [0.15, 0.2) is 53.6 Å². The molecule has 36 heavy (non-hydrogen) atoms. The second-order valence-electron chi connectivity index (χ2n) is 8.82. The molecule has 0 radical (unpaired) electrons. The Bertz CT molecular complexity index is 1640. The summed E-state index contributed by atoms with van der Waals surface area (Å²) < 4.78 is 33.6. The van der Waals surface area contributed by atoms with Crippen LogP contribution >= 0.6 is 12.4 Å². The highest BCUT2D eigenvalue weighted by Gasteiger charge is 2.21. The van der Waals surface area contributed by atoms with Gasteiger partial charge in [0.05, 0.1) is 17.0 Å². The van der Waals surface area contributed by atoms with Gasteiger partial charge in [-0.15, -0.1) is 12.4 Å². The van der Waals surface area contributed by atoms with E-state index in [0.717, 1.165) is 11.0 Å². The zero-order valence-electron chi connectivity index (χ0n) is 20.0. The van der Waals surface area contributed by atoms with E-state index in [1.807, 2.05) is 30.3 Å². The fraction of sp³-hybridized carbons (Fsp3) is 0.240. The van der Waals surface area contributed by atoms with Gasteiger partial charge in [-0.05, 0) is 42.8 Å². The summed E-state index contributed by atoms with van der Waals surface area (Å²) in [6.45, 7) is 0.583. The smallest absolute Gasteiger partial charge is 0.348 e. The first kappa shape index (κ1) is 25.2. The lowest BCUT2D eigenvalue weighted by Crippen LogP contribution is -2.20. The predicted molar refractivity (Wildman–Crippen MR) is 139 cm³/mol. The molecule has 0 aliphatic rings. The van der Waals surface area contributed by atoms with Crippen molar-refractivity contribution in [3.05, 3.63) is 70.9 Å². The summed E-state index contributed by atoms with van der Waals surface area (Å²) in [5.74, 6) is 0.0146. The molecule has 0 saturated carbocycles. The SMILES string of the molecule is CN(C)C(=N)CCCn1cc(-n2c(-c3cn(C)c4ccc(F)cc34)n[nH]c2=O)c2cc(F)ccc21.Cl. The molecule has 3 heterocycles. The van der Waals surface area contributed by atoms with Gasteiger partial charge >= 0.3 is 5.69 Å². The number of aromatic nitrogens is 5. The van der Waals surface area contributed by atoms with Crippen molar-refractivity contribution in [1.82, 2.24) is 28.8 Å². The number of amidine groups is 1. The van der Waals surface area contributed by atoms with Crippen LogP contribution in [0.5, 0.6) is 0 Å². The highest BCUT2D eigenvalue weighted by atomic mass is 35.5. The van der Waals surface area contributed by atoms with Gasteiger partial charge in [-0.25, -0.2) is 23.2 Å². The lowest BCUT2D eigenvalue weighted by Gasteiger charge is -2.13. The first-order chi connectivity index (χ1) is 16.7. The summed E-state index contributed by atoms with van der Waals surface area (Å²) in [4.78, 5) is 14.7. The molecule has 0 saturated heterocycles. The molecule has 0 bridgehead atoms. The van der Waals surface area contributed by atoms with E-state index in [0.29, 0.717) is 53.1 Å². The van der Waals surface area contributed by atoms with Crippen LogP contribution in [0.25, 0.3) is 38.9 Å². The maximum absolute atomic E-state index is 14.3. The zero-order valence-corrected chi connectivity index (χ0v) is 20.9. The third-order valence-corrected chi connectivity index (χ3v) is 6.28. The molecular weight excluding hydrogens is 488 g/mol. The number of hydrogen-bond donors (Lipinski definition) is 2. The minimum Gasteiger partial charge on any atom is -0.367 e. The lowest BCUT2D eigenvalue weighted by molar-refractivity contribution is 0.577. The molecule has 3 aromatic heterocycles. The van der Waals surface area contributed by atoms with E-state index in [4.69, 9.17) is 5.41 Å². The Hall–Kier alpha value is -3.92. The number of rotatable bonds is 6. The number of aromatic amines is 1. The minimum absolute atomic E-state index is 0. The third kappa shape index (κ3) is 4.28. The van der Waals surface area contributed by atoms with Gasteiger partial charge in [-0.1, -0.05) is 0 Å². The van der Waals surface area contributed by atoms with Crippen molar-refractivity contribution >= 4 is 40.0 Å². The van der Waals surface area contributed by atoms with Crippen LogP contribution < -0.4 is 5.69 Å². The quantitative estimate of drug-likeness (QED) is 0.255. The molecule has 8 nitrogen and oxygen atoms in total. The van der Waals surface area contributed by atoms with Crippen molar-refractivity contribution in [2.24, 2.45) is 7.05 Å². The molecule has 5 aromatic rings. The van der Waals surface area contributed by atoms with Crippen molar-refractivity contribution in [3.63, 3.8) is 0 Å². The Morgan fingerprint density at radius 1 is 1.06 bits per heavy atom. The Morgan fingerprint density at radius 2 is 1.72 bits per heavy atom. The minimum atomic E-state index is -0.480. The molecule has 0 fully saturated rings. The van der Waals surface area contributed by atoms with Crippen molar-refractivity contribution in [2.45, 2.75) is 19.4 Å². The number of aryl methyl sites for hydroxylation is 2. The van der Waals surface area contributed by atoms with Gasteiger partial charge in [0.1, 0.15) is 11.6 Å². The van der Waals surface area contributed by atoms with Gasteiger partial charge in [0.25, 0.3) is 0 Å². The van der Waals surface area contributed by atoms with Crippen LogP contribution in [0.4, 0.5) is 8.78 Å². The van der Waals surface area contributed by atoms with Crippen LogP contribution in [0.3, 0.4) is 0 Å². The molecule has 0 atom stereocenters. The summed E-state index contributed by atoms with van der Waals surface area (Å²) in [6, 6.07) is 8.94. The van der Waals surface area contributed by atoms with E-state index in [9.17, 15) is 13.6 Å². The Labute approximate surface area is 211 Å². The van der Waals surface area contributed by atoms with Crippen molar-refractivity contribution in [1.29, 1.82) is 5.41 Å². The summed E-state index contributed by atoms with van der Waals surface area (Å²) in [7, 11) is 5.51. The Kier molecular flexibility index (Phi) is 6.73. The van der Waals surface area contributed by atoms with Crippen LogP contribution in [0, 0.1) is 17.0 Å². The summed E-state index contributed by atoms with van der Waals surface area (Å²) >= 11 is 0. The first-order valence-corrected chi connectivity index (χ1v) is 11.2. The van der Waals surface area contributed by atoms with Crippen LogP contribution in [0.2, 0.25) is 0 Å². The maximum Gasteiger partial charge on any atom is 0.348 e. The van der Waals surface area contributed by atoms with Gasteiger partial charge < -0.3 is 14.0 Å². The average molecular weight is 514 g/mol. The maximum atomic E-state index is 14.3. The van der Waals surface area contributed by atoms with E-state index >= 15 is 0 Å². The number of fused-ring (bicyclic) bond motifs is 2. The summed E-state index contributed by atoms with van der Waals surface area (Å²) in [5, 5.41) is 16.0.